The number of carbonyl (C=O) groups excluding carboxylic acids is 4. The number of nitrogens with zero attached hydrogens (tertiary/aromatic N) is 2. The van der Waals surface area contributed by atoms with E-state index >= 15 is 0 Å². The summed E-state index contributed by atoms with van der Waals surface area (Å²) in [6.45, 7) is 0. The number of nitrogens with one attached hydrogen (secondary N) is 4. The zero-order chi connectivity index (χ0) is 28.6. The average molecular weight is 579 g/mol. The lowest BCUT2D eigenvalue weighted by Gasteiger charge is -2.03. The fraction of sp³-hybridized carbons (Fsp3) is 0.111. The number of rotatable bonds is 7. The van der Waals surface area contributed by atoms with Crippen LogP contribution in [0.15, 0.2) is 61.1 Å². The Hall–Kier alpha value is -4.81. The second kappa shape index (κ2) is 10.8. The van der Waals surface area contributed by atoms with Crippen molar-refractivity contribution in [3.8, 4) is 0 Å². The lowest BCUT2D eigenvalue weighted by Crippen LogP contribution is -2.15. The molecule has 11 nitrogen and oxygen atoms in total. The number of esters is 1. The predicted molar refractivity (Wildman–Crippen MR) is 154 cm³/mol. The number of ether oxygens (including phenoxy) is 1. The number of carbonyl (C=O) groups is 4. The van der Waals surface area contributed by atoms with Gasteiger partial charge in [0.1, 0.15) is 22.0 Å². The van der Waals surface area contributed by atoms with Crippen molar-refractivity contribution in [1.29, 1.82) is 0 Å². The Kier molecular flexibility index (Phi) is 7.20. The van der Waals surface area contributed by atoms with Gasteiger partial charge in [-0.25, -0.2) is 4.79 Å². The van der Waals surface area contributed by atoms with Gasteiger partial charge in [0.25, 0.3) is 17.7 Å². The molecule has 0 unspecified atom stereocenters. The van der Waals surface area contributed by atoms with Gasteiger partial charge in [-0.2, -0.15) is 0 Å². The number of halogens is 1. The number of anilines is 3. The van der Waals surface area contributed by atoms with Crippen LogP contribution in [0.25, 0.3) is 10.1 Å². The topological polar surface area (TPSA) is 139 Å². The zero-order valence-corrected chi connectivity index (χ0v) is 23.1. The van der Waals surface area contributed by atoms with Crippen LogP contribution in [0.3, 0.4) is 0 Å². The van der Waals surface area contributed by atoms with Crippen LogP contribution < -0.4 is 16.0 Å². The van der Waals surface area contributed by atoms with Gasteiger partial charge in [-0.3, -0.25) is 14.4 Å². The second-order valence-electron chi connectivity index (χ2n) is 8.85. The maximum atomic E-state index is 12.8. The smallest absolute Gasteiger partial charge is 0.354 e. The molecule has 0 aliphatic heterocycles. The zero-order valence-electron chi connectivity index (χ0n) is 21.5. The van der Waals surface area contributed by atoms with Crippen molar-refractivity contribution < 1.29 is 23.9 Å². The van der Waals surface area contributed by atoms with Crippen molar-refractivity contribution in [3.05, 3.63) is 88.0 Å². The number of benzene rings is 1. The van der Waals surface area contributed by atoms with Gasteiger partial charge in [-0.1, -0.05) is 29.8 Å². The number of hydrogen-bond acceptors (Lipinski definition) is 6. The van der Waals surface area contributed by atoms with Crippen molar-refractivity contribution in [2.24, 2.45) is 14.1 Å². The summed E-state index contributed by atoms with van der Waals surface area (Å²) >= 11 is 7.69. The summed E-state index contributed by atoms with van der Waals surface area (Å²) in [7, 11) is 4.60. The van der Waals surface area contributed by atoms with E-state index < -0.39 is 17.8 Å². The Morgan fingerprint density at radius 3 is 2.17 bits per heavy atom. The van der Waals surface area contributed by atoms with E-state index in [2.05, 4.69) is 20.9 Å². The van der Waals surface area contributed by atoms with Crippen molar-refractivity contribution >= 4 is 73.8 Å². The third kappa shape index (κ3) is 5.22. The molecule has 3 amide bonds. The minimum absolute atomic E-state index is 0.201. The number of thiophene rings is 1. The van der Waals surface area contributed by atoms with Crippen LogP contribution in [0.4, 0.5) is 17.1 Å². The standard InChI is InChI=1S/C27H23ClN6O5S/c1-33-12-15(9-19(33)25(36)32-16-10-20(27(38)39-3)34(2)13-16)31-24(35)18-8-14(11-29-18)30-26(37)23-22(28)17-6-4-5-7-21(17)40-23/h4-13,29H,1-3H3,(H,30,37)(H,31,35)(H,32,36). The lowest BCUT2D eigenvalue weighted by atomic mass is 10.2. The molecular formula is C27H23ClN6O5S. The molecule has 0 aliphatic carbocycles. The van der Waals surface area contributed by atoms with Gasteiger partial charge in [-0.15, -0.1) is 11.3 Å². The molecule has 0 aliphatic rings. The van der Waals surface area contributed by atoms with Gasteiger partial charge in [0.2, 0.25) is 0 Å². The molecule has 4 heterocycles. The van der Waals surface area contributed by atoms with E-state index in [1.54, 1.807) is 35.6 Å². The second-order valence-corrected chi connectivity index (χ2v) is 10.3. The molecule has 4 N–H and O–H groups in total. The summed E-state index contributed by atoms with van der Waals surface area (Å²) in [5, 5.41) is 9.40. The van der Waals surface area contributed by atoms with Crippen LogP contribution in [-0.2, 0) is 18.8 Å². The van der Waals surface area contributed by atoms with Gasteiger partial charge in [0.05, 0.1) is 29.2 Å². The molecular weight excluding hydrogens is 556 g/mol. The first kappa shape index (κ1) is 26.8. The van der Waals surface area contributed by atoms with Crippen molar-refractivity contribution in [1.82, 2.24) is 14.1 Å². The summed E-state index contributed by atoms with van der Waals surface area (Å²) in [6.07, 6.45) is 4.68. The summed E-state index contributed by atoms with van der Waals surface area (Å²) in [5.41, 5.74) is 1.96. The molecule has 0 fully saturated rings. The van der Waals surface area contributed by atoms with E-state index in [4.69, 9.17) is 16.3 Å². The summed E-state index contributed by atoms with van der Waals surface area (Å²) in [4.78, 5) is 53.5. The average Bonchev–Trinajstić information content (AvgIpc) is 3.70. The minimum Gasteiger partial charge on any atom is -0.464 e. The Labute approximate surface area is 236 Å². The molecule has 0 bridgehead atoms. The maximum absolute atomic E-state index is 12.8. The largest absolute Gasteiger partial charge is 0.464 e. The van der Waals surface area contributed by atoms with Crippen LogP contribution in [0.1, 0.15) is 41.1 Å². The van der Waals surface area contributed by atoms with Crippen LogP contribution in [0, 0.1) is 0 Å². The van der Waals surface area contributed by atoms with Gasteiger partial charge >= 0.3 is 5.97 Å². The third-order valence-corrected chi connectivity index (χ3v) is 7.75. The monoisotopic (exact) mass is 578 g/mol. The highest BCUT2D eigenvalue weighted by atomic mass is 35.5. The molecule has 5 rings (SSSR count). The van der Waals surface area contributed by atoms with Gasteiger partial charge < -0.3 is 34.8 Å². The lowest BCUT2D eigenvalue weighted by molar-refractivity contribution is 0.0589. The molecule has 0 atom stereocenters. The number of hydrogen-bond donors (Lipinski definition) is 4. The summed E-state index contributed by atoms with van der Waals surface area (Å²) < 4.78 is 8.73. The fourth-order valence-corrected chi connectivity index (χ4v) is 5.55. The van der Waals surface area contributed by atoms with Crippen molar-refractivity contribution in [2.45, 2.75) is 0 Å². The number of aryl methyl sites for hydroxylation is 2. The molecule has 5 aromatic rings. The molecule has 1 aromatic carbocycles. The third-order valence-electron chi connectivity index (χ3n) is 6.08. The Morgan fingerprint density at radius 1 is 0.850 bits per heavy atom. The molecule has 13 heteroatoms. The number of amides is 3. The number of methoxy groups -OCH3 is 1. The van der Waals surface area contributed by atoms with Crippen molar-refractivity contribution in [3.63, 3.8) is 0 Å². The Bertz CT molecular complexity index is 1800. The highest BCUT2D eigenvalue weighted by Gasteiger charge is 2.20. The van der Waals surface area contributed by atoms with E-state index in [0.717, 1.165) is 10.1 Å². The van der Waals surface area contributed by atoms with Crippen LogP contribution in [0.5, 0.6) is 0 Å². The van der Waals surface area contributed by atoms with Crippen molar-refractivity contribution in [2.75, 3.05) is 23.1 Å². The molecule has 204 valence electrons. The van der Waals surface area contributed by atoms with Gasteiger partial charge in [-0.05, 0) is 24.3 Å². The van der Waals surface area contributed by atoms with E-state index in [1.807, 2.05) is 24.3 Å². The SMILES string of the molecule is COC(=O)c1cc(NC(=O)c2cc(NC(=O)c3cc(NC(=O)c4sc5ccccc5c4Cl)c[nH]3)cn2C)cn1C. The van der Waals surface area contributed by atoms with Crippen LogP contribution in [-0.4, -0.2) is 44.9 Å². The number of fused-ring (bicyclic) bond motifs is 1. The first-order valence-corrected chi connectivity index (χ1v) is 13.0. The highest BCUT2D eigenvalue weighted by Crippen LogP contribution is 2.35. The summed E-state index contributed by atoms with van der Waals surface area (Å²) in [5.74, 6) is -1.81. The Morgan fingerprint density at radius 2 is 1.48 bits per heavy atom. The van der Waals surface area contributed by atoms with Crippen LogP contribution in [0.2, 0.25) is 5.02 Å². The molecule has 0 radical (unpaired) electrons. The Balaban J connectivity index is 1.23. The molecule has 0 saturated carbocycles. The minimum atomic E-state index is -0.525. The van der Waals surface area contributed by atoms with E-state index in [-0.39, 0.29) is 23.0 Å². The number of aromatic amines is 1. The molecule has 0 spiro atoms. The molecule has 4 aromatic heterocycles. The van der Waals surface area contributed by atoms with Crippen LogP contribution >= 0.6 is 22.9 Å². The van der Waals surface area contributed by atoms with E-state index in [0.29, 0.717) is 27.0 Å². The molecule has 0 saturated heterocycles. The van der Waals surface area contributed by atoms with Gasteiger partial charge in [0.15, 0.2) is 0 Å². The number of aromatic nitrogens is 3. The highest BCUT2D eigenvalue weighted by molar-refractivity contribution is 7.21. The van der Waals surface area contributed by atoms with E-state index in [9.17, 15) is 19.2 Å². The quantitative estimate of drug-likeness (QED) is 0.199. The number of H-pyrrole nitrogens is 1. The maximum Gasteiger partial charge on any atom is 0.354 e. The summed E-state index contributed by atoms with van der Waals surface area (Å²) in [6, 6.07) is 12.0. The first-order chi connectivity index (χ1) is 19.1. The van der Waals surface area contributed by atoms with E-state index in [1.165, 1.54) is 42.8 Å². The molecule has 40 heavy (non-hydrogen) atoms. The normalized spacial score (nSPS) is 10.9. The fourth-order valence-electron chi connectivity index (χ4n) is 4.14. The van der Waals surface area contributed by atoms with Gasteiger partial charge in [0, 0.05) is 42.8 Å². The predicted octanol–water partition coefficient (Wildman–Crippen LogP) is 5.10. The first-order valence-electron chi connectivity index (χ1n) is 11.8.